The van der Waals surface area contributed by atoms with Gasteiger partial charge in [0.05, 0.1) is 16.8 Å². The number of hydrogen-bond donors (Lipinski definition) is 1. The van der Waals surface area contributed by atoms with Crippen LogP contribution in [0.4, 0.5) is 0 Å². The molecule has 3 rings (SSSR count). The first-order valence-corrected chi connectivity index (χ1v) is 8.49. The number of aromatic nitrogens is 1. The summed E-state index contributed by atoms with van der Waals surface area (Å²) in [4.78, 5) is 4.62. The minimum Gasteiger partial charge on any atom is -0.381 e. The molecule has 5 heteroatoms. The molecule has 0 spiro atoms. The van der Waals surface area contributed by atoms with Crippen LogP contribution >= 0.6 is 23.1 Å². The minimum absolute atomic E-state index is 0.715. The Morgan fingerprint density at radius 1 is 1.42 bits per heavy atom. The first kappa shape index (κ1) is 13.4. The van der Waals surface area contributed by atoms with Crippen LogP contribution in [0.2, 0.25) is 0 Å². The lowest BCUT2D eigenvalue weighted by Gasteiger charge is -2.08. The highest BCUT2D eigenvalue weighted by atomic mass is 32.2. The fraction of sp³-hybridized carbons (Fsp3) is 0.500. The van der Waals surface area contributed by atoms with Gasteiger partial charge in [0, 0.05) is 25.4 Å². The van der Waals surface area contributed by atoms with E-state index in [0.717, 1.165) is 37.6 Å². The molecule has 1 atom stereocenters. The minimum atomic E-state index is 0.715. The SMILES string of the molecule is c1ccc2sc(SCCNCC3CCOC3)nc2c1. The second kappa shape index (κ2) is 6.70. The van der Waals surface area contributed by atoms with E-state index in [1.54, 1.807) is 11.3 Å². The molecule has 1 N–H and O–H groups in total. The monoisotopic (exact) mass is 294 g/mol. The maximum atomic E-state index is 5.36. The second-order valence-electron chi connectivity index (χ2n) is 4.73. The van der Waals surface area contributed by atoms with Crippen molar-refractivity contribution in [1.29, 1.82) is 0 Å². The fourth-order valence-electron chi connectivity index (χ4n) is 2.17. The summed E-state index contributed by atoms with van der Waals surface area (Å²) in [7, 11) is 0. The number of ether oxygens (including phenoxy) is 1. The Morgan fingerprint density at radius 2 is 2.37 bits per heavy atom. The zero-order valence-corrected chi connectivity index (χ0v) is 12.4. The van der Waals surface area contributed by atoms with Gasteiger partial charge in [-0.15, -0.1) is 11.3 Å². The molecule has 1 saturated heterocycles. The molecular formula is C14H18N2OS2. The Labute approximate surface area is 121 Å². The molecule has 0 saturated carbocycles. The maximum absolute atomic E-state index is 5.36. The van der Waals surface area contributed by atoms with E-state index in [4.69, 9.17) is 4.74 Å². The summed E-state index contributed by atoms with van der Waals surface area (Å²) >= 11 is 3.63. The van der Waals surface area contributed by atoms with Crippen LogP contribution in [0.5, 0.6) is 0 Å². The molecule has 1 aromatic carbocycles. The van der Waals surface area contributed by atoms with E-state index < -0.39 is 0 Å². The van der Waals surface area contributed by atoms with Gasteiger partial charge < -0.3 is 10.1 Å². The normalized spacial score (nSPS) is 19.3. The number of nitrogens with zero attached hydrogens (tertiary/aromatic N) is 1. The number of rotatable bonds is 6. The van der Waals surface area contributed by atoms with Gasteiger partial charge in [-0.2, -0.15) is 0 Å². The van der Waals surface area contributed by atoms with Gasteiger partial charge in [-0.3, -0.25) is 0 Å². The molecule has 1 fully saturated rings. The fourth-order valence-corrected chi connectivity index (χ4v) is 4.21. The largest absolute Gasteiger partial charge is 0.381 e. The number of fused-ring (bicyclic) bond motifs is 1. The number of benzene rings is 1. The van der Waals surface area contributed by atoms with Crippen molar-refractivity contribution in [1.82, 2.24) is 10.3 Å². The molecule has 19 heavy (non-hydrogen) atoms. The summed E-state index contributed by atoms with van der Waals surface area (Å²) in [6.45, 7) is 3.99. The molecule has 1 unspecified atom stereocenters. The number of para-hydroxylation sites is 1. The highest BCUT2D eigenvalue weighted by Gasteiger charge is 2.14. The smallest absolute Gasteiger partial charge is 0.151 e. The molecule has 3 nitrogen and oxygen atoms in total. The van der Waals surface area contributed by atoms with Crippen LogP contribution < -0.4 is 5.32 Å². The average Bonchev–Trinajstić information content (AvgIpc) is 3.06. The molecule has 0 amide bonds. The van der Waals surface area contributed by atoms with Crippen LogP contribution in [0.1, 0.15) is 6.42 Å². The van der Waals surface area contributed by atoms with E-state index in [2.05, 4.69) is 28.5 Å². The molecule has 0 aliphatic carbocycles. The lowest BCUT2D eigenvalue weighted by atomic mass is 10.1. The standard InChI is InChI=1S/C14H18N2OS2/c1-2-4-13-12(3-1)16-14(19-13)18-8-6-15-9-11-5-7-17-10-11/h1-4,11,15H,5-10H2. The van der Waals surface area contributed by atoms with E-state index >= 15 is 0 Å². The van der Waals surface area contributed by atoms with Crippen molar-refractivity contribution in [3.05, 3.63) is 24.3 Å². The van der Waals surface area contributed by atoms with Gasteiger partial charge in [0.2, 0.25) is 0 Å². The third kappa shape index (κ3) is 3.69. The van der Waals surface area contributed by atoms with E-state index in [0.29, 0.717) is 5.92 Å². The molecular weight excluding hydrogens is 276 g/mol. The Bertz CT molecular complexity index is 490. The third-order valence-electron chi connectivity index (χ3n) is 3.24. The number of thioether (sulfide) groups is 1. The highest BCUT2D eigenvalue weighted by molar-refractivity contribution is 8.01. The molecule has 2 aromatic rings. The van der Waals surface area contributed by atoms with E-state index in [-0.39, 0.29) is 0 Å². The average molecular weight is 294 g/mol. The Morgan fingerprint density at radius 3 is 3.21 bits per heavy atom. The van der Waals surface area contributed by atoms with Crippen molar-refractivity contribution in [3.63, 3.8) is 0 Å². The molecule has 0 bridgehead atoms. The van der Waals surface area contributed by atoms with E-state index in [1.807, 2.05) is 17.8 Å². The summed E-state index contributed by atoms with van der Waals surface area (Å²) in [5.41, 5.74) is 1.12. The van der Waals surface area contributed by atoms with Crippen molar-refractivity contribution in [3.8, 4) is 0 Å². The van der Waals surface area contributed by atoms with Crippen molar-refractivity contribution >= 4 is 33.3 Å². The van der Waals surface area contributed by atoms with Crippen molar-refractivity contribution in [2.75, 3.05) is 32.1 Å². The van der Waals surface area contributed by atoms with Gasteiger partial charge in [0.15, 0.2) is 4.34 Å². The number of thiazole rings is 1. The predicted molar refractivity (Wildman–Crippen MR) is 82.1 cm³/mol. The number of nitrogens with one attached hydrogen (secondary N) is 1. The summed E-state index contributed by atoms with van der Waals surface area (Å²) < 4.78 is 7.82. The Kier molecular flexibility index (Phi) is 4.71. The van der Waals surface area contributed by atoms with Gasteiger partial charge in [0.1, 0.15) is 0 Å². The molecule has 1 aliphatic heterocycles. The van der Waals surface area contributed by atoms with Crippen LogP contribution in [0.15, 0.2) is 28.6 Å². The Hall–Kier alpha value is -0.620. The van der Waals surface area contributed by atoms with Crippen molar-refractivity contribution in [2.24, 2.45) is 5.92 Å². The highest BCUT2D eigenvalue weighted by Crippen LogP contribution is 2.28. The van der Waals surface area contributed by atoms with Gasteiger partial charge in [-0.25, -0.2) is 4.98 Å². The van der Waals surface area contributed by atoms with Gasteiger partial charge in [0.25, 0.3) is 0 Å². The Balaban J connectivity index is 1.39. The van der Waals surface area contributed by atoms with Crippen LogP contribution in [-0.2, 0) is 4.74 Å². The summed E-state index contributed by atoms with van der Waals surface area (Å²) in [6.07, 6.45) is 1.21. The molecule has 2 heterocycles. The quantitative estimate of drug-likeness (QED) is 0.656. The second-order valence-corrected chi connectivity index (χ2v) is 7.10. The summed E-state index contributed by atoms with van der Waals surface area (Å²) in [5, 5.41) is 3.51. The van der Waals surface area contributed by atoms with E-state index in [1.165, 1.54) is 15.5 Å². The van der Waals surface area contributed by atoms with Gasteiger partial charge in [-0.05, 0) is 24.5 Å². The lowest BCUT2D eigenvalue weighted by Crippen LogP contribution is -2.25. The number of hydrogen-bond acceptors (Lipinski definition) is 5. The molecule has 1 aliphatic rings. The lowest BCUT2D eigenvalue weighted by molar-refractivity contribution is 0.185. The maximum Gasteiger partial charge on any atom is 0.151 e. The predicted octanol–water partition coefficient (Wildman–Crippen LogP) is 3.01. The summed E-state index contributed by atoms with van der Waals surface area (Å²) in [5.74, 6) is 1.79. The first-order valence-electron chi connectivity index (χ1n) is 6.68. The van der Waals surface area contributed by atoms with Gasteiger partial charge >= 0.3 is 0 Å². The molecule has 1 aromatic heterocycles. The zero-order chi connectivity index (χ0) is 12.9. The van der Waals surface area contributed by atoms with Crippen molar-refractivity contribution < 1.29 is 4.74 Å². The van der Waals surface area contributed by atoms with Crippen LogP contribution in [0, 0.1) is 5.92 Å². The third-order valence-corrected chi connectivity index (χ3v) is 5.42. The summed E-state index contributed by atoms with van der Waals surface area (Å²) in [6, 6.07) is 8.32. The molecule has 102 valence electrons. The van der Waals surface area contributed by atoms with Crippen molar-refractivity contribution in [2.45, 2.75) is 10.8 Å². The molecule has 0 radical (unpaired) electrons. The van der Waals surface area contributed by atoms with Crippen LogP contribution in [-0.4, -0.2) is 37.0 Å². The first-order chi connectivity index (χ1) is 9.42. The van der Waals surface area contributed by atoms with Crippen LogP contribution in [0.3, 0.4) is 0 Å². The topological polar surface area (TPSA) is 34.1 Å². The van der Waals surface area contributed by atoms with Crippen LogP contribution in [0.25, 0.3) is 10.2 Å². The zero-order valence-electron chi connectivity index (χ0n) is 10.8. The van der Waals surface area contributed by atoms with E-state index in [9.17, 15) is 0 Å². The van der Waals surface area contributed by atoms with Gasteiger partial charge in [-0.1, -0.05) is 23.9 Å².